The number of para-hydroxylation sites is 1. The van der Waals surface area contributed by atoms with Gasteiger partial charge in [-0.1, -0.05) is 18.2 Å². The van der Waals surface area contributed by atoms with E-state index in [1.54, 1.807) is 0 Å². The predicted octanol–water partition coefficient (Wildman–Crippen LogP) is 2.11. The third-order valence-corrected chi connectivity index (χ3v) is 4.17. The molecule has 0 spiro atoms. The lowest BCUT2D eigenvalue weighted by Gasteiger charge is -2.27. The first-order chi connectivity index (χ1) is 6.92. The first kappa shape index (κ1) is 8.50. The van der Waals surface area contributed by atoms with E-state index in [0.717, 1.165) is 17.6 Å². The van der Waals surface area contributed by atoms with Gasteiger partial charge in [-0.25, -0.2) is 9.48 Å². The minimum absolute atomic E-state index is 0.997. The van der Waals surface area contributed by atoms with Crippen LogP contribution in [0.5, 0.6) is 0 Å². The maximum absolute atomic E-state index is 4.60. The largest absolute Gasteiger partial charge is 0.264 e. The summed E-state index contributed by atoms with van der Waals surface area (Å²) in [5.74, 6) is 1.22. The van der Waals surface area contributed by atoms with Gasteiger partial charge < -0.3 is 0 Å². The number of benzene rings is 1. The van der Waals surface area contributed by atoms with Crippen LogP contribution >= 0.6 is 11.8 Å². The maximum Gasteiger partial charge on any atom is 0.264 e. The molecule has 3 rings (SSSR count). The number of hydrogen-bond acceptors (Lipinski definition) is 2. The van der Waals surface area contributed by atoms with E-state index in [4.69, 9.17) is 0 Å². The Bertz CT molecular complexity index is 374. The van der Waals surface area contributed by atoms with Gasteiger partial charge in [0.15, 0.2) is 0 Å². The lowest BCUT2D eigenvalue weighted by molar-refractivity contribution is 0.487. The van der Waals surface area contributed by atoms with Gasteiger partial charge in [0, 0.05) is 0 Å². The van der Waals surface area contributed by atoms with Crippen LogP contribution in [0.1, 0.15) is 0 Å². The van der Waals surface area contributed by atoms with Gasteiger partial charge in [0.25, 0.3) is 5.17 Å². The van der Waals surface area contributed by atoms with Crippen LogP contribution in [0.15, 0.2) is 35.3 Å². The molecule has 2 aliphatic rings. The molecule has 1 unspecified atom stereocenters. The maximum atomic E-state index is 4.60. The van der Waals surface area contributed by atoms with Crippen molar-refractivity contribution in [2.45, 2.75) is 0 Å². The Labute approximate surface area is 88.2 Å². The Morgan fingerprint density at radius 2 is 2.00 bits per heavy atom. The number of aliphatic imine (C=N–C) groups is 1. The van der Waals surface area contributed by atoms with Gasteiger partial charge in [0.05, 0.1) is 18.8 Å². The molecule has 0 aromatic heterocycles. The molecule has 72 valence electrons. The first-order valence-electron chi connectivity index (χ1n) is 5.02. The van der Waals surface area contributed by atoms with Crippen LogP contribution in [0.3, 0.4) is 0 Å². The quantitative estimate of drug-likeness (QED) is 0.640. The van der Waals surface area contributed by atoms with Crippen LogP contribution in [-0.4, -0.2) is 30.6 Å². The number of amidine groups is 1. The summed E-state index contributed by atoms with van der Waals surface area (Å²) < 4.78 is 1.02. The third kappa shape index (κ3) is 1.06. The summed E-state index contributed by atoms with van der Waals surface area (Å²) in [5.41, 5.74) is 1.41. The van der Waals surface area contributed by atoms with Gasteiger partial charge in [-0.2, -0.15) is 0 Å². The summed E-state index contributed by atoms with van der Waals surface area (Å²) in [6.07, 6.45) is 0. The molecule has 1 saturated heterocycles. The second kappa shape index (κ2) is 3.11. The molecule has 2 nitrogen and oxygen atoms in total. The smallest absolute Gasteiger partial charge is 0.234 e. The average molecular weight is 205 g/mol. The predicted molar refractivity (Wildman–Crippen MR) is 62.7 cm³/mol. The molecule has 1 fully saturated rings. The molecule has 0 amide bonds. The standard InChI is InChI=1S/C11H13N2S/c1-2-4-10(5-3-1)13-7-6-12-11(13)14-9-8-13/h1-5H,6-9H2/q+1. The van der Waals surface area contributed by atoms with Crippen molar-refractivity contribution in [3.05, 3.63) is 30.3 Å². The van der Waals surface area contributed by atoms with Crippen molar-refractivity contribution in [3.63, 3.8) is 0 Å². The van der Waals surface area contributed by atoms with Gasteiger partial charge >= 0.3 is 0 Å². The minimum Gasteiger partial charge on any atom is -0.234 e. The molecule has 1 atom stereocenters. The SMILES string of the molecule is c1ccc([N+]23CCN=C2SCC3)cc1. The fourth-order valence-electron chi connectivity index (χ4n) is 2.30. The highest BCUT2D eigenvalue weighted by Gasteiger charge is 2.45. The molecule has 0 saturated carbocycles. The lowest BCUT2D eigenvalue weighted by Crippen LogP contribution is -2.48. The first-order valence-corrected chi connectivity index (χ1v) is 6.01. The summed E-state index contributed by atoms with van der Waals surface area (Å²) in [6, 6.07) is 10.8. The van der Waals surface area contributed by atoms with E-state index >= 15 is 0 Å². The zero-order valence-electron chi connectivity index (χ0n) is 8.02. The molecule has 0 radical (unpaired) electrons. The number of fused-ring (bicyclic) bond motifs is 1. The summed E-state index contributed by atoms with van der Waals surface area (Å²) >= 11 is 1.93. The Balaban J connectivity index is 2.09. The fraction of sp³-hybridized carbons (Fsp3) is 0.364. The van der Waals surface area contributed by atoms with Gasteiger partial charge in [0.1, 0.15) is 12.2 Å². The zero-order valence-corrected chi connectivity index (χ0v) is 8.83. The molecule has 0 bridgehead atoms. The van der Waals surface area contributed by atoms with Crippen molar-refractivity contribution in [3.8, 4) is 0 Å². The van der Waals surface area contributed by atoms with Crippen LogP contribution in [0.4, 0.5) is 5.69 Å². The van der Waals surface area contributed by atoms with Gasteiger partial charge in [-0.3, -0.25) is 0 Å². The van der Waals surface area contributed by atoms with Crippen LogP contribution in [0.2, 0.25) is 0 Å². The van der Waals surface area contributed by atoms with Gasteiger partial charge in [-0.15, -0.1) is 0 Å². The monoisotopic (exact) mass is 205 g/mol. The second-order valence-corrected chi connectivity index (χ2v) is 4.83. The third-order valence-electron chi connectivity index (χ3n) is 3.05. The van der Waals surface area contributed by atoms with Crippen molar-refractivity contribution in [2.75, 3.05) is 25.4 Å². The highest BCUT2D eigenvalue weighted by molar-refractivity contribution is 8.14. The molecule has 2 heterocycles. The van der Waals surface area contributed by atoms with E-state index in [1.807, 2.05) is 11.8 Å². The highest BCUT2D eigenvalue weighted by Crippen LogP contribution is 2.36. The summed E-state index contributed by atoms with van der Waals surface area (Å²) in [4.78, 5) is 4.60. The molecule has 14 heavy (non-hydrogen) atoms. The normalized spacial score (nSPS) is 30.1. The number of nitrogens with zero attached hydrogens (tertiary/aromatic N) is 2. The number of hydrogen-bond donors (Lipinski definition) is 0. The Kier molecular flexibility index (Phi) is 1.89. The summed E-state index contributed by atoms with van der Waals surface area (Å²) in [5, 5.41) is 1.33. The molecular formula is C11H13N2S+. The zero-order chi connectivity index (χ0) is 9.43. The van der Waals surface area contributed by atoms with E-state index in [1.165, 1.54) is 23.2 Å². The van der Waals surface area contributed by atoms with Crippen molar-refractivity contribution in [2.24, 2.45) is 4.99 Å². The number of quaternary nitrogens is 1. The highest BCUT2D eigenvalue weighted by atomic mass is 32.2. The molecule has 0 N–H and O–H groups in total. The molecule has 2 aliphatic heterocycles. The van der Waals surface area contributed by atoms with Crippen molar-refractivity contribution >= 4 is 22.6 Å². The molecular weight excluding hydrogens is 192 g/mol. The van der Waals surface area contributed by atoms with E-state index in [0.29, 0.717) is 0 Å². The van der Waals surface area contributed by atoms with Crippen LogP contribution in [-0.2, 0) is 0 Å². The molecule has 0 aliphatic carbocycles. The van der Waals surface area contributed by atoms with Gasteiger partial charge in [0.2, 0.25) is 0 Å². The lowest BCUT2D eigenvalue weighted by atomic mass is 10.2. The number of thioether (sulfide) groups is 1. The van der Waals surface area contributed by atoms with Crippen molar-refractivity contribution in [1.29, 1.82) is 0 Å². The number of rotatable bonds is 1. The molecule has 1 aromatic carbocycles. The summed E-state index contributed by atoms with van der Waals surface area (Å²) in [7, 11) is 0. The Hall–Kier alpha value is -0.800. The van der Waals surface area contributed by atoms with Crippen LogP contribution in [0, 0.1) is 0 Å². The molecule has 3 heteroatoms. The van der Waals surface area contributed by atoms with E-state index < -0.39 is 0 Å². The van der Waals surface area contributed by atoms with Crippen LogP contribution in [0.25, 0.3) is 0 Å². The Morgan fingerprint density at radius 3 is 2.86 bits per heavy atom. The van der Waals surface area contributed by atoms with Crippen molar-refractivity contribution < 1.29 is 0 Å². The minimum atomic E-state index is 0.997. The second-order valence-electron chi connectivity index (χ2n) is 3.76. The van der Waals surface area contributed by atoms with E-state index in [2.05, 4.69) is 35.3 Å². The fourth-order valence-corrected chi connectivity index (χ4v) is 3.60. The summed E-state index contributed by atoms with van der Waals surface area (Å²) in [6.45, 7) is 3.37. The Morgan fingerprint density at radius 1 is 1.14 bits per heavy atom. The molecule has 1 aromatic rings. The van der Waals surface area contributed by atoms with Crippen LogP contribution < -0.4 is 4.48 Å². The van der Waals surface area contributed by atoms with E-state index in [9.17, 15) is 0 Å². The van der Waals surface area contributed by atoms with Gasteiger partial charge in [-0.05, 0) is 23.9 Å². The van der Waals surface area contributed by atoms with E-state index in [-0.39, 0.29) is 0 Å². The topological polar surface area (TPSA) is 12.4 Å². The van der Waals surface area contributed by atoms with Crippen molar-refractivity contribution in [1.82, 2.24) is 4.48 Å². The average Bonchev–Trinajstić information content (AvgIpc) is 2.77.